The zero-order valence-corrected chi connectivity index (χ0v) is 14.9. The molecule has 0 bridgehead atoms. The lowest BCUT2D eigenvalue weighted by atomic mass is 10.1. The van der Waals surface area contributed by atoms with Crippen LogP contribution < -0.4 is 4.74 Å². The van der Waals surface area contributed by atoms with Crippen LogP contribution >= 0.6 is 0 Å². The van der Waals surface area contributed by atoms with E-state index in [4.69, 9.17) is 9.47 Å². The van der Waals surface area contributed by atoms with Crippen molar-refractivity contribution in [2.75, 3.05) is 0 Å². The van der Waals surface area contributed by atoms with E-state index in [1.54, 1.807) is 52.0 Å². The fraction of sp³-hybridized carbons (Fsp3) is 0.400. The Morgan fingerprint density at radius 3 is 2.60 bits per heavy atom. The number of ether oxygens (including phenoxy) is 2. The van der Waals surface area contributed by atoms with Crippen LogP contribution in [0.1, 0.15) is 61.1 Å². The Kier molecular flexibility index (Phi) is 4.50. The van der Waals surface area contributed by atoms with Gasteiger partial charge in [-0.25, -0.2) is 9.18 Å². The number of hydrogen-bond donors (Lipinski definition) is 0. The summed E-state index contributed by atoms with van der Waals surface area (Å²) in [4.78, 5) is 16.6. The van der Waals surface area contributed by atoms with Gasteiger partial charge in [-0.1, -0.05) is 12.1 Å². The Labute approximate surface area is 147 Å². The van der Waals surface area contributed by atoms with Gasteiger partial charge in [-0.15, -0.1) is 0 Å². The van der Waals surface area contributed by atoms with Crippen LogP contribution in [0.2, 0.25) is 0 Å². The molecule has 5 heteroatoms. The van der Waals surface area contributed by atoms with Crippen LogP contribution in [0.3, 0.4) is 0 Å². The van der Waals surface area contributed by atoms with Gasteiger partial charge in [0.05, 0.1) is 6.20 Å². The van der Waals surface area contributed by atoms with E-state index in [1.165, 1.54) is 6.20 Å². The Balaban J connectivity index is 1.93. The van der Waals surface area contributed by atoms with Crippen molar-refractivity contribution in [2.45, 2.75) is 52.1 Å². The minimum atomic E-state index is -0.636. The molecular formula is C20H22FNO3. The molecule has 4 nitrogen and oxygen atoms in total. The summed E-state index contributed by atoms with van der Waals surface area (Å²) < 4.78 is 25.8. The zero-order chi connectivity index (χ0) is 18.2. The Bertz CT molecular complexity index is 807. The maximum atomic E-state index is 14.7. The van der Waals surface area contributed by atoms with Crippen molar-refractivity contribution in [3.05, 3.63) is 53.1 Å². The summed E-state index contributed by atoms with van der Waals surface area (Å²) in [7, 11) is 0. The van der Waals surface area contributed by atoms with Crippen LogP contribution in [0.15, 0.2) is 30.5 Å². The predicted molar refractivity (Wildman–Crippen MR) is 92.6 cm³/mol. The number of benzene rings is 1. The van der Waals surface area contributed by atoms with E-state index in [-0.39, 0.29) is 28.8 Å². The van der Waals surface area contributed by atoms with E-state index < -0.39 is 11.6 Å². The monoisotopic (exact) mass is 343 g/mol. The number of nitrogens with zero attached hydrogens (tertiary/aromatic N) is 1. The third-order valence-electron chi connectivity index (χ3n) is 3.85. The normalized spacial score (nSPS) is 14.3. The van der Waals surface area contributed by atoms with Crippen molar-refractivity contribution in [1.82, 2.24) is 4.98 Å². The average molecular weight is 343 g/mol. The molecule has 1 aromatic heterocycles. The van der Waals surface area contributed by atoms with Crippen molar-refractivity contribution in [2.24, 2.45) is 0 Å². The fourth-order valence-corrected chi connectivity index (χ4v) is 2.56. The van der Waals surface area contributed by atoms with E-state index in [0.717, 1.165) is 12.8 Å². The van der Waals surface area contributed by atoms with E-state index in [2.05, 4.69) is 4.98 Å². The second-order valence-electron chi connectivity index (χ2n) is 7.36. The second-order valence-corrected chi connectivity index (χ2v) is 7.36. The first kappa shape index (κ1) is 17.4. The van der Waals surface area contributed by atoms with Gasteiger partial charge in [0.15, 0.2) is 17.3 Å². The molecule has 1 aliphatic rings. The molecule has 0 unspecified atom stereocenters. The lowest BCUT2D eigenvalue weighted by molar-refractivity contribution is 0.00668. The maximum Gasteiger partial charge on any atom is 0.342 e. The molecule has 1 heterocycles. The summed E-state index contributed by atoms with van der Waals surface area (Å²) in [5.74, 6) is -0.343. The van der Waals surface area contributed by atoms with Crippen molar-refractivity contribution in [1.29, 1.82) is 0 Å². The standard InChI is InChI=1S/C20H22FNO3/c1-12-10-15(19(23)25-20(2,3)4)17(11-22-12)24-16-7-5-6-14(18(16)21)13-8-9-13/h5-7,10-11,13H,8-9H2,1-4H3. The van der Waals surface area contributed by atoms with Crippen molar-refractivity contribution in [3.8, 4) is 11.5 Å². The number of aryl methyl sites for hydroxylation is 1. The molecule has 1 fully saturated rings. The average Bonchev–Trinajstić information content (AvgIpc) is 3.34. The minimum absolute atomic E-state index is 0.0971. The predicted octanol–water partition coefficient (Wildman–Crippen LogP) is 5.15. The number of carbonyl (C=O) groups is 1. The Morgan fingerprint density at radius 2 is 1.96 bits per heavy atom. The Hall–Kier alpha value is -2.43. The summed E-state index contributed by atoms with van der Waals surface area (Å²) in [5.41, 5.74) is 0.915. The highest BCUT2D eigenvalue weighted by Gasteiger charge is 2.28. The number of esters is 1. The molecule has 25 heavy (non-hydrogen) atoms. The number of rotatable bonds is 4. The van der Waals surface area contributed by atoms with Crippen LogP contribution in [0.25, 0.3) is 0 Å². The maximum absolute atomic E-state index is 14.7. The van der Waals surface area contributed by atoms with E-state index in [0.29, 0.717) is 11.3 Å². The number of aromatic nitrogens is 1. The third-order valence-corrected chi connectivity index (χ3v) is 3.85. The molecule has 0 atom stereocenters. The first-order valence-electron chi connectivity index (χ1n) is 8.41. The van der Waals surface area contributed by atoms with Gasteiger partial charge in [-0.05, 0) is 64.2 Å². The molecule has 0 N–H and O–H groups in total. The summed E-state index contributed by atoms with van der Waals surface area (Å²) in [6, 6.07) is 6.69. The Morgan fingerprint density at radius 1 is 1.24 bits per heavy atom. The molecule has 2 aromatic rings. The van der Waals surface area contributed by atoms with Crippen molar-refractivity contribution >= 4 is 5.97 Å². The molecule has 1 aliphatic carbocycles. The zero-order valence-electron chi connectivity index (χ0n) is 14.9. The van der Waals surface area contributed by atoms with Gasteiger partial charge in [-0.2, -0.15) is 0 Å². The van der Waals surface area contributed by atoms with Gasteiger partial charge < -0.3 is 9.47 Å². The van der Waals surface area contributed by atoms with Crippen LogP contribution in [-0.2, 0) is 4.74 Å². The molecule has 132 valence electrons. The lowest BCUT2D eigenvalue weighted by Gasteiger charge is -2.20. The van der Waals surface area contributed by atoms with E-state index >= 15 is 0 Å². The molecule has 3 rings (SSSR count). The summed E-state index contributed by atoms with van der Waals surface area (Å²) in [6.07, 6.45) is 3.42. The van der Waals surface area contributed by atoms with Crippen molar-refractivity contribution in [3.63, 3.8) is 0 Å². The van der Waals surface area contributed by atoms with Crippen LogP contribution in [0.5, 0.6) is 11.5 Å². The number of halogens is 1. The number of hydrogen-bond acceptors (Lipinski definition) is 4. The molecule has 1 saturated carbocycles. The SMILES string of the molecule is Cc1cc(C(=O)OC(C)(C)C)c(Oc2cccc(C3CC3)c2F)cn1. The first-order chi connectivity index (χ1) is 11.7. The summed E-state index contributed by atoms with van der Waals surface area (Å²) in [5, 5.41) is 0. The first-order valence-corrected chi connectivity index (χ1v) is 8.41. The molecule has 0 spiro atoms. The minimum Gasteiger partial charge on any atom is -0.456 e. The molecule has 0 saturated heterocycles. The fourth-order valence-electron chi connectivity index (χ4n) is 2.56. The van der Waals surface area contributed by atoms with Gasteiger partial charge in [0.2, 0.25) is 0 Å². The van der Waals surface area contributed by atoms with E-state index in [1.807, 2.05) is 0 Å². The quantitative estimate of drug-likeness (QED) is 0.720. The molecule has 1 aromatic carbocycles. The molecule has 0 radical (unpaired) electrons. The third kappa shape index (κ3) is 4.16. The van der Waals surface area contributed by atoms with Crippen molar-refractivity contribution < 1.29 is 18.7 Å². The number of pyridine rings is 1. The number of carbonyl (C=O) groups excluding carboxylic acids is 1. The highest BCUT2D eigenvalue weighted by atomic mass is 19.1. The van der Waals surface area contributed by atoms with Gasteiger partial charge >= 0.3 is 5.97 Å². The molecular weight excluding hydrogens is 321 g/mol. The lowest BCUT2D eigenvalue weighted by Crippen LogP contribution is -2.24. The van der Waals surface area contributed by atoms with Gasteiger partial charge in [0.25, 0.3) is 0 Å². The van der Waals surface area contributed by atoms with Gasteiger partial charge in [0, 0.05) is 5.69 Å². The summed E-state index contributed by atoms with van der Waals surface area (Å²) in [6.45, 7) is 7.14. The van der Waals surface area contributed by atoms with Crippen LogP contribution in [0.4, 0.5) is 4.39 Å². The second kappa shape index (κ2) is 6.47. The smallest absolute Gasteiger partial charge is 0.342 e. The summed E-state index contributed by atoms with van der Waals surface area (Å²) >= 11 is 0. The highest BCUT2D eigenvalue weighted by Crippen LogP contribution is 2.43. The highest BCUT2D eigenvalue weighted by molar-refractivity contribution is 5.92. The molecule has 0 amide bonds. The van der Waals surface area contributed by atoms with E-state index in [9.17, 15) is 9.18 Å². The largest absolute Gasteiger partial charge is 0.456 e. The molecule has 0 aliphatic heterocycles. The van der Waals surface area contributed by atoms with Gasteiger partial charge in [0.1, 0.15) is 11.2 Å². The van der Waals surface area contributed by atoms with Crippen LogP contribution in [-0.4, -0.2) is 16.6 Å². The van der Waals surface area contributed by atoms with Gasteiger partial charge in [-0.3, -0.25) is 4.98 Å². The van der Waals surface area contributed by atoms with Crippen LogP contribution in [0, 0.1) is 12.7 Å². The topological polar surface area (TPSA) is 48.4 Å².